The van der Waals surface area contributed by atoms with Crippen molar-refractivity contribution in [1.82, 2.24) is 0 Å². The monoisotopic (exact) mass is 277 g/mol. The molecule has 1 rings (SSSR count). The molecule has 114 valence electrons. The highest BCUT2D eigenvalue weighted by atomic mass is 16.5. The van der Waals surface area contributed by atoms with E-state index in [0.717, 1.165) is 12.0 Å². The van der Waals surface area contributed by atoms with Crippen LogP contribution in [0.4, 0.5) is 0 Å². The van der Waals surface area contributed by atoms with Crippen molar-refractivity contribution in [1.29, 1.82) is 0 Å². The molecule has 0 aliphatic carbocycles. The van der Waals surface area contributed by atoms with Gasteiger partial charge >= 0.3 is 0 Å². The summed E-state index contributed by atoms with van der Waals surface area (Å²) in [7, 11) is 0. The fourth-order valence-electron chi connectivity index (χ4n) is 2.33. The predicted octanol–water partition coefficient (Wildman–Crippen LogP) is 4.44. The van der Waals surface area contributed by atoms with Crippen LogP contribution in [0.5, 0.6) is 0 Å². The van der Waals surface area contributed by atoms with E-state index in [0.29, 0.717) is 12.5 Å². The van der Waals surface area contributed by atoms with Crippen LogP contribution in [0.2, 0.25) is 0 Å². The predicted molar refractivity (Wildman–Crippen MR) is 86.9 cm³/mol. The number of benzene rings is 1. The average Bonchev–Trinajstić information content (AvgIpc) is 2.34. The van der Waals surface area contributed by atoms with E-state index in [1.165, 1.54) is 5.56 Å². The smallest absolute Gasteiger partial charge is 0.0662 e. The highest BCUT2D eigenvalue weighted by molar-refractivity contribution is 5.29. The first kappa shape index (κ1) is 17.2. The minimum absolute atomic E-state index is 0.0429. The molecule has 0 aromatic heterocycles. The summed E-state index contributed by atoms with van der Waals surface area (Å²) in [6.07, 6.45) is 1.35. The maximum atomic E-state index is 6.21. The van der Waals surface area contributed by atoms with Gasteiger partial charge in [-0.3, -0.25) is 0 Å². The van der Waals surface area contributed by atoms with Crippen molar-refractivity contribution in [3.8, 4) is 0 Å². The third kappa shape index (κ3) is 5.64. The van der Waals surface area contributed by atoms with Crippen molar-refractivity contribution >= 4 is 0 Å². The zero-order chi connectivity index (χ0) is 15.3. The van der Waals surface area contributed by atoms with Gasteiger partial charge < -0.3 is 10.5 Å². The molecule has 0 aliphatic heterocycles. The standard InChI is InChI=1S/C18H31NO/c1-13(2)11-14(3)20-12-17(19)15-7-9-16(10-8-15)18(4,5)6/h7-10,13-14,17H,11-12,19H2,1-6H3. The normalized spacial score (nSPS) is 15.4. The highest BCUT2D eigenvalue weighted by Crippen LogP contribution is 2.23. The molecule has 2 heteroatoms. The lowest BCUT2D eigenvalue weighted by Gasteiger charge is -2.21. The Balaban J connectivity index is 2.54. The maximum Gasteiger partial charge on any atom is 0.0662 e. The molecule has 0 spiro atoms. The highest BCUT2D eigenvalue weighted by Gasteiger charge is 2.15. The minimum atomic E-state index is -0.0429. The summed E-state index contributed by atoms with van der Waals surface area (Å²) in [5.74, 6) is 0.660. The van der Waals surface area contributed by atoms with Crippen molar-refractivity contribution in [2.45, 2.75) is 65.5 Å². The molecule has 2 nitrogen and oxygen atoms in total. The molecule has 0 bridgehead atoms. The van der Waals surface area contributed by atoms with Crippen molar-refractivity contribution < 1.29 is 4.74 Å². The lowest BCUT2D eigenvalue weighted by atomic mass is 9.86. The minimum Gasteiger partial charge on any atom is -0.377 e. The topological polar surface area (TPSA) is 35.2 Å². The molecule has 1 aromatic carbocycles. The van der Waals surface area contributed by atoms with Crippen LogP contribution in [-0.4, -0.2) is 12.7 Å². The fourth-order valence-corrected chi connectivity index (χ4v) is 2.33. The fraction of sp³-hybridized carbons (Fsp3) is 0.667. The van der Waals surface area contributed by atoms with Gasteiger partial charge in [-0.15, -0.1) is 0 Å². The van der Waals surface area contributed by atoms with Crippen LogP contribution in [0.15, 0.2) is 24.3 Å². The van der Waals surface area contributed by atoms with Gasteiger partial charge in [-0.05, 0) is 35.8 Å². The average molecular weight is 277 g/mol. The zero-order valence-electron chi connectivity index (χ0n) is 13.9. The third-order valence-electron chi connectivity index (χ3n) is 3.57. The summed E-state index contributed by atoms with van der Waals surface area (Å²) in [6.45, 7) is 13.8. The van der Waals surface area contributed by atoms with Gasteiger partial charge in [-0.1, -0.05) is 58.9 Å². The number of hydrogen-bond acceptors (Lipinski definition) is 2. The molecule has 0 aliphatic rings. The van der Waals surface area contributed by atoms with Gasteiger partial charge in [0.15, 0.2) is 0 Å². The van der Waals surface area contributed by atoms with Gasteiger partial charge in [-0.25, -0.2) is 0 Å². The van der Waals surface area contributed by atoms with Crippen LogP contribution in [-0.2, 0) is 10.2 Å². The van der Waals surface area contributed by atoms with Crippen LogP contribution >= 0.6 is 0 Å². The molecule has 0 radical (unpaired) electrons. The van der Waals surface area contributed by atoms with Crippen LogP contribution in [0.25, 0.3) is 0 Å². The number of ether oxygens (including phenoxy) is 1. The van der Waals surface area contributed by atoms with Crippen molar-refractivity contribution in [3.05, 3.63) is 35.4 Å². The van der Waals surface area contributed by atoms with E-state index in [2.05, 4.69) is 65.8 Å². The molecule has 0 saturated carbocycles. The van der Waals surface area contributed by atoms with E-state index in [1.807, 2.05) is 0 Å². The summed E-state index contributed by atoms with van der Waals surface area (Å²) in [5.41, 5.74) is 8.88. The second kappa shape index (κ2) is 7.24. The summed E-state index contributed by atoms with van der Waals surface area (Å²) < 4.78 is 5.84. The molecular weight excluding hydrogens is 246 g/mol. The van der Waals surface area contributed by atoms with E-state index in [-0.39, 0.29) is 17.6 Å². The largest absolute Gasteiger partial charge is 0.377 e. The number of nitrogens with two attached hydrogens (primary N) is 1. The second-order valence-corrected chi connectivity index (χ2v) is 7.25. The maximum absolute atomic E-state index is 6.21. The van der Waals surface area contributed by atoms with Gasteiger partial charge in [0.2, 0.25) is 0 Å². The molecule has 0 fully saturated rings. The Bertz CT molecular complexity index is 389. The third-order valence-corrected chi connectivity index (χ3v) is 3.57. The SMILES string of the molecule is CC(C)CC(C)OCC(N)c1ccc(C(C)(C)C)cc1. The molecule has 20 heavy (non-hydrogen) atoms. The Morgan fingerprint density at radius 2 is 1.60 bits per heavy atom. The van der Waals surface area contributed by atoms with E-state index in [1.54, 1.807) is 0 Å². The van der Waals surface area contributed by atoms with Crippen LogP contribution in [0.1, 0.15) is 65.1 Å². The van der Waals surface area contributed by atoms with Gasteiger partial charge in [0, 0.05) is 0 Å². The summed E-state index contributed by atoms with van der Waals surface area (Å²) in [6, 6.07) is 8.56. The molecule has 2 unspecified atom stereocenters. The molecule has 2 atom stereocenters. The van der Waals surface area contributed by atoms with Crippen LogP contribution in [0.3, 0.4) is 0 Å². The number of hydrogen-bond donors (Lipinski definition) is 1. The summed E-state index contributed by atoms with van der Waals surface area (Å²) in [4.78, 5) is 0. The summed E-state index contributed by atoms with van der Waals surface area (Å²) >= 11 is 0. The van der Waals surface area contributed by atoms with E-state index < -0.39 is 0 Å². The first-order valence-corrected chi connectivity index (χ1v) is 7.67. The van der Waals surface area contributed by atoms with Gasteiger partial charge in [0.25, 0.3) is 0 Å². The molecule has 0 saturated heterocycles. The van der Waals surface area contributed by atoms with Crippen molar-refractivity contribution in [3.63, 3.8) is 0 Å². The molecule has 2 N–H and O–H groups in total. The Labute approximate surface area is 124 Å². The Hall–Kier alpha value is -0.860. The van der Waals surface area contributed by atoms with E-state index >= 15 is 0 Å². The van der Waals surface area contributed by atoms with E-state index in [9.17, 15) is 0 Å². The molecular formula is C18H31NO. The Morgan fingerprint density at radius 1 is 1.05 bits per heavy atom. The lowest BCUT2D eigenvalue weighted by molar-refractivity contribution is 0.0430. The molecule has 0 heterocycles. The van der Waals surface area contributed by atoms with Gasteiger partial charge in [-0.2, -0.15) is 0 Å². The van der Waals surface area contributed by atoms with Crippen molar-refractivity contribution in [2.75, 3.05) is 6.61 Å². The lowest BCUT2D eigenvalue weighted by Crippen LogP contribution is -2.22. The first-order chi connectivity index (χ1) is 9.20. The van der Waals surface area contributed by atoms with Gasteiger partial charge in [0.1, 0.15) is 0 Å². The Morgan fingerprint density at radius 3 is 2.05 bits per heavy atom. The second-order valence-electron chi connectivity index (χ2n) is 7.25. The zero-order valence-corrected chi connectivity index (χ0v) is 13.9. The van der Waals surface area contributed by atoms with Crippen LogP contribution in [0, 0.1) is 5.92 Å². The van der Waals surface area contributed by atoms with Crippen molar-refractivity contribution in [2.24, 2.45) is 11.7 Å². The molecule has 0 amide bonds. The Kier molecular flexibility index (Phi) is 6.22. The van der Waals surface area contributed by atoms with E-state index in [4.69, 9.17) is 10.5 Å². The van der Waals surface area contributed by atoms with Gasteiger partial charge in [0.05, 0.1) is 18.8 Å². The summed E-state index contributed by atoms with van der Waals surface area (Å²) in [5, 5.41) is 0. The first-order valence-electron chi connectivity index (χ1n) is 7.67. The molecule has 1 aromatic rings. The quantitative estimate of drug-likeness (QED) is 0.834. The van der Waals surface area contributed by atoms with Crippen LogP contribution < -0.4 is 5.73 Å². The number of rotatable bonds is 6.